The van der Waals surface area contributed by atoms with Gasteiger partial charge in [0.15, 0.2) is 0 Å². The first kappa shape index (κ1) is 13.5. The van der Waals surface area contributed by atoms with E-state index in [2.05, 4.69) is 10.3 Å². The average molecular weight is 288 g/mol. The highest BCUT2D eigenvalue weighted by Crippen LogP contribution is 2.27. The topological polar surface area (TPSA) is 115 Å². The van der Waals surface area contributed by atoms with Gasteiger partial charge in [0, 0.05) is 12.3 Å². The Hall–Kier alpha value is -1.93. The van der Waals surface area contributed by atoms with Crippen LogP contribution >= 0.6 is 11.6 Å². The maximum absolute atomic E-state index is 11.0. The van der Waals surface area contributed by atoms with E-state index in [0.29, 0.717) is 0 Å². The lowest BCUT2D eigenvalue weighted by atomic mass is 10.0. The molecule has 8 nitrogen and oxygen atoms in total. The Kier molecular flexibility index (Phi) is 3.82. The van der Waals surface area contributed by atoms with E-state index >= 15 is 0 Å². The Morgan fingerprint density at radius 1 is 1.63 bits per heavy atom. The summed E-state index contributed by atoms with van der Waals surface area (Å²) in [4.78, 5) is 25.1. The van der Waals surface area contributed by atoms with Crippen LogP contribution in [0.15, 0.2) is 12.3 Å². The fourth-order valence-corrected chi connectivity index (χ4v) is 1.95. The summed E-state index contributed by atoms with van der Waals surface area (Å²) in [5.41, 5.74) is -0.302. The molecule has 2 unspecified atom stereocenters. The van der Waals surface area contributed by atoms with Gasteiger partial charge >= 0.3 is 11.7 Å². The standard InChI is InChI=1S/C10H10ClN3O5/c11-5-1-8(14(17)18)9(12-2-5)13-7-4-19-3-6(7)10(15)16/h1-2,6-7H,3-4H2,(H,12,13)(H,15,16). The number of carbonyl (C=O) groups is 1. The summed E-state index contributed by atoms with van der Waals surface area (Å²) in [6.07, 6.45) is 1.25. The van der Waals surface area contributed by atoms with Crippen molar-refractivity contribution in [1.82, 2.24) is 4.98 Å². The molecule has 0 bridgehead atoms. The fourth-order valence-electron chi connectivity index (χ4n) is 1.79. The van der Waals surface area contributed by atoms with Crippen LogP contribution < -0.4 is 5.32 Å². The molecule has 9 heteroatoms. The Bertz CT molecular complexity index is 524. The molecule has 0 amide bonds. The molecular formula is C10H10ClN3O5. The Morgan fingerprint density at radius 3 is 3.00 bits per heavy atom. The Balaban J connectivity index is 2.23. The number of ether oxygens (including phenoxy) is 1. The fraction of sp³-hybridized carbons (Fsp3) is 0.400. The number of nitrogens with one attached hydrogen (secondary N) is 1. The third-order valence-electron chi connectivity index (χ3n) is 2.75. The minimum absolute atomic E-state index is 0.0175. The number of nitrogens with zero attached hydrogens (tertiary/aromatic N) is 2. The average Bonchev–Trinajstić information content (AvgIpc) is 2.79. The first-order valence-corrected chi connectivity index (χ1v) is 5.74. The van der Waals surface area contributed by atoms with Gasteiger partial charge in [0.2, 0.25) is 5.82 Å². The van der Waals surface area contributed by atoms with E-state index in [0.717, 1.165) is 6.07 Å². The number of aromatic nitrogens is 1. The van der Waals surface area contributed by atoms with Crippen LogP contribution in [-0.4, -0.2) is 40.2 Å². The molecule has 1 aliphatic heterocycles. The van der Waals surface area contributed by atoms with E-state index in [9.17, 15) is 14.9 Å². The Morgan fingerprint density at radius 2 is 2.37 bits per heavy atom. The molecule has 0 saturated carbocycles. The summed E-state index contributed by atoms with van der Waals surface area (Å²) >= 11 is 5.64. The number of carboxylic acids is 1. The first-order valence-electron chi connectivity index (χ1n) is 5.36. The van der Waals surface area contributed by atoms with Crippen LogP contribution in [0.2, 0.25) is 5.02 Å². The highest BCUT2D eigenvalue weighted by molar-refractivity contribution is 6.30. The number of carboxylic acid groups (broad SMARTS) is 1. The van der Waals surface area contributed by atoms with Crippen molar-refractivity contribution < 1.29 is 19.6 Å². The molecular weight excluding hydrogens is 278 g/mol. The molecule has 1 aromatic heterocycles. The predicted molar refractivity (Wildman–Crippen MR) is 65.3 cm³/mol. The monoisotopic (exact) mass is 287 g/mol. The lowest BCUT2D eigenvalue weighted by Crippen LogP contribution is -2.33. The molecule has 2 heterocycles. The number of nitro groups is 1. The summed E-state index contributed by atoms with van der Waals surface area (Å²) in [5.74, 6) is -1.81. The number of anilines is 1. The molecule has 102 valence electrons. The molecule has 0 aromatic carbocycles. The predicted octanol–water partition coefficient (Wildman–Crippen LogP) is 1.15. The van der Waals surface area contributed by atoms with Crippen LogP contribution in [0.4, 0.5) is 11.5 Å². The Labute approximate surface area is 112 Å². The van der Waals surface area contributed by atoms with Crippen molar-refractivity contribution in [2.45, 2.75) is 6.04 Å². The second-order valence-corrected chi connectivity index (χ2v) is 4.45. The molecule has 1 aromatic rings. The normalized spacial score (nSPS) is 22.2. The quantitative estimate of drug-likeness (QED) is 0.630. The molecule has 2 atom stereocenters. The van der Waals surface area contributed by atoms with Crippen molar-refractivity contribution in [3.8, 4) is 0 Å². The van der Waals surface area contributed by atoms with Gasteiger partial charge in [0.05, 0.1) is 29.2 Å². The maximum atomic E-state index is 11.0. The smallest absolute Gasteiger partial charge is 0.312 e. The zero-order valence-electron chi connectivity index (χ0n) is 9.58. The molecule has 19 heavy (non-hydrogen) atoms. The van der Waals surface area contributed by atoms with E-state index in [-0.39, 0.29) is 29.7 Å². The van der Waals surface area contributed by atoms with Gasteiger partial charge in [-0.25, -0.2) is 4.98 Å². The molecule has 1 fully saturated rings. The lowest BCUT2D eigenvalue weighted by molar-refractivity contribution is -0.384. The number of aliphatic carboxylic acids is 1. The number of hydrogen-bond acceptors (Lipinski definition) is 6. The second-order valence-electron chi connectivity index (χ2n) is 4.01. The summed E-state index contributed by atoms with van der Waals surface area (Å²) in [6.45, 7) is 0.215. The third kappa shape index (κ3) is 2.91. The SMILES string of the molecule is O=C(O)C1COCC1Nc1ncc(Cl)cc1[N+](=O)[O-]. The summed E-state index contributed by atoms with van der Waals surface area (Å²) in [5, 5.41) is 22.7. The van der Waals surface area contributed by atoms with Crippen LogP contribution in [0, 0.1) is 16.0 Å². The number of rotatable bonds is 4. The molecule has 2 N–H and O–H groups in total. The minimum atomic E-state index is -1.02. The zero-order chi connectivity index (χ0) is 14.0. The van der Waals surface area contributed by atoms with Crippen LogP contribution in [-0.2, 0) is 9.53 Å². The van der Waals surface area contributed by atoms with Crippen LogP contribution in [0.3, 0.4) is 0 Å². The van der Waals surface area contributed by atoms with Gasteiger partial charge in [-0.2, -0.15) is 0 Å². The van der Waals surface area contributed by atoms with Crippen molar-refractivity contribution in [1.29, 1.82) is 0 Å². The van der Waals surface area contributed by atoms with Gasteiger partial charge in [0.1, 0.15) is 5.92 Å². The lowest BCUT2D eigenvalue weighted by Gasteiger charge is -2.16. The van der Waals surface area contributed by atoms with Gasteiger partial charge in [-0.1, -0.05) is 11.6 Å². The molecule has 1 saturated heterocycles. The van der Waals surface area contributed by atoms with Crippen LogP contribution in [0.25, 0.3) is 0 Å². The van der Waals surface area contributed by atoms with Gasteiger partial charge in [-0.15, -0.1) is 0 Å². The molecule has 0 aliphatic carbocycles. The molecule has 0 radical (unpaired) electrons. The maximum Gasteiger partial charge on any atom is 0.312 e. The first-order chi connectivity index (χ1) is 8.99. The number of hydrogen-bond donors (Lipinski definition) is 2. The van der Waals surface area contributed by atoms with E-state index in [1.165, 1.54) is 6.20 Å². The van der Waals surface area contributed by atoms with Crippen molar-refractivity contribution in [2.24, 2.45) is 5.92 Å². The molecule has 1 aliphatic rings. The minimum Gasteiger partial charge on any atom is -0.481 e. The van der Waals surface area contributed by atoms with E-state index in [1.54, 1.807) is 0 Å². The summed E-state index contributed by atoms with van der Waals surface area (Å²) in [6, 6.07) is 0.590. The number of halogens is 1. The summed E-state index contributed by atoms with van der Waals surface area (Å²) in [7, 11) is 0. The largest absolute Gasteiger partial charge is 0.481 e. The second kappa shape index (κ2) is 5.37. The summed E-state index contributed by atoms with van der Waals surface area (Å²) < 4.78 is 5.06. The van der Waals surface area contributed by atoms with Crippen molar-refractivity contribution in [3.05, 3.63) is 27.4 Å². The van der Waals surface area contributed by atoms with E-state index in [4.69, 9.17) is 21.4 Å². The third-order valence-corrected chi connectivity index (χ3v) is 2.96. The van der Waals surface area contributed by atoms with Gasteiger partial charge in [0.25, 0.3) is 0 Å². The van der Waals surface area contributed by atoms with Crippen LogP contribution in [0.1, 0.15) is 0 Å². The van der Waals surface area contributed by atoms with E-state index < -0.39 is 22.9 Å². The highest BCUT2D eigenvalue weighted by Gasteiger charge is 2.35. The number of pyridine rings is 1. The van der Waals surface area contributed by atoms with Crippen molar-refractivity contribution in [2.75, 3.05) is 18.5 Å². The highest BCUT2D eigenvalue weighted by atomic mass is 35.5. The zero-order valence-corrected chi connectivity index (χ0v) is 10.3. The van der Waals surface area contributed by atoms with Crippen LogP contribution in [0.5, 0.6) is 0 Å². The van der Waals surface area contributed by atoms with Crippen molar-refractivity contribution >= 4 is 29.1 Å². The van der Waals surface area contributed by atoms with Crippen molar-refractivity contribution in [3.63, 3.8) is 0 Å². The van der Waals surface area contributed by atoms with Gasteiger partial charge in [-0.3, -0.25) is 14.9 Å². The van der Waals surface area contributed by atoms with E-state index in [1.807, 2.05) is 0 Å². The van der Waals surface area contributed by atoms with Gasteiger partial charge in [-0.05, 0) is 0 Å². The molecule has 2 rings (SSSR count). The molecule has 0 spiro atoms. The van der Waals surface area contributed by atoms with Gasteiger partial charge < -0.3 is 15.2 Å².